The highest BCUT2D eigenvalue weighted by atomic mass is 35.5. The molecule has 0 aliphatic heterocycles. The van der Waals surface area contributed by atoms with Gasteiger partial charge in [-0.05, 0) is 30.3 Å². The molecule has 5 heteroatoms. The summed E-state index contributed by atoms with van der Waals surface area (Å²) in [4.78, 5) is 11.0. The zero-order chi connectivity index (χ0) is 13.7. The van der Waals surface area contributed by atoms with Crippen LogP contribution in [-0.4, -0.2) is 17.3 Å². The first-order chi connectivity index (χ1) is 9.16. The van der Waals surface area contributed by atoms with Gasteiger partial charge >= 0.3 is 5.97 Å². The van der Waals surface area contributed by atoms with Crippen molar-refractivity contribution in [3.05, 3.63) is 64.7 Å². The van der Waals surface area contributed by atoms with Crippen molar-refractivity contribution < 1.29 is 9.90 Å². The number of nitrogens with zero attached hydrogens (tertiary/aromatic N) is 1. The van der Waals surface area contributed by atoms with Gasteiger partial charge in [-0.2, -0.15) is 5.10 Å². The van der Waals surface area contributed by atoms with E-state index in [9.17, 15) is 4.79 Å². The highest BCUT2D eigenvalue weighted by Gasteiger charge is 2.06. The molecule has 0 unspecified atom stereocenters. The number of carboxylic acids is 1. The van der Waals surface area contributed by atoms with Crippen molar-refractivity contribution in [2.45, 2.75) is 0 Å². The van der Waals surface area contributed by atoms with Crippen LogP contribution in [0.4, 0.5) is 5.69 Å². The standard InChI is InChI=1S/C14H11ClN2O2/c15-11-5-7-12(8-6-11)17-16-9-10-3-1-2-4-13(10)14(18)19/h1-9,17H,(H,18,19). The van der Waals surface area contributed by atoms with Gasteiger partial charge in [-0.15, -0.1) is 0 Å². The summed E-state index contributed by atoms with van der Waals surface area (Å²) in [5.41, 5.74) is 4.33. The fraction of sp³-hybridized carbons (Fsp3) is 0. The lowest BCUT2D eigenvalue weighted by atomic mass is 10.1. The summed E-state index contributed by atoms with van der Waals surface area (Å²) in [5, 5.41) is 13.7. The summed E-state index contributed by atoms with van der Waals surface area (Å²) in [7, 11) is 0. The van der Waals surface area contributed by atoms with E-state index >= 15 is 0 Å². The second-order valence-corrected chi connectivity index (χ2v) is 4.21. The molecule has 0 aliphatic carbocycles. The molecular weight excluding hydrogens is 264 g/mol. The summed E-state index contributed by atoms with van der Waals surface area (Å²) >= 11 is 5.77. The van der Waals surface area contributed by atoms with Gasteiger partial charge in [0.25, 0.3) is 0 Å². The lowest BCUT2D eigenvalue weighted by Crippen LogP contribution is -2.02. The van der Waals surface area contributed by atoms with Crippen molar-refractivity contribution >= 4 is 29.5 Å². The summed E-state index contributed by atoms with van der Waals surface area (Å²) in [5.74, 6) is -0.978. The van der Waals surface area contributed by atoms with Crippen LogP contribution in [0, 0.1) is 0 Å². The molecule has 96 valence electrons. The number of halogens is 1. The van der Waals surface area contributed by atoms with E-state index in [1.54, 1.807) is 42.5 Å². The van der Waals surface area contributed by atoms with Gasteiger partial charge in [0.05, 0.1) is 17.5 Å². The molecule has 0 heterocycles. The van der Waals surface area contributed by atoms with Crippen LogP contribution >= 0.6 is 11.6 Å². The zero-order valence-electron chi connectivity index (χ0n) is 9.88. The Bertz CT molecular complexity index is 609. The van der Waals surface area contributed by atoms with Gasteiger partial charge in [0, 0.05) is 10.6 Å². The van der Waals surface area contributed by atoms with Crippen molar-refractivity contribution in [1.82, 2.24) is 0 Å². The van der Waals surface area contributed by atoms with Crippen molar-refractivity contribution in [1.29, 1.82) is 0 Å². The molecule has 0 spiro atoms. The summed E-state index contributed by atoms with van der Waals surface area (Å²) < 4.78 is 0. The Hall–Kier alpha value is -2.33. The number of anilines is 1. The van der Waals surface area contributed by atoms with Gasteiger partial charge in [0.2, 0.25) is 0 Å². The van der Waals surface area contributed by atoms with Gasteiger partial charge in [-0.3, -0.25) is 5.43 Å². The smallest absolute Gasteiger partial charge is 0.336 e. The molecule has 0 aliphatic rings. The van der Waals surface area contributed by atoms with E-state index in [4.69, 9.17) is 16.7 Å². The maximum absolute atomic E-state index is 11.0. The van der Waals surface area contributed by atoms with Crippen LogP contribution < -0.4 is 5.43 Å². The number of hydrogen-bond acceptors (Lipinski definition) is 3. The molecule has 0 saturated carbocycles. The van der Waals surface area contributed by atoms with Crippen molar-refractivity contribution in [3.8, 4) is 0 Å². The van der Waals surface area contributed by atoms with Crippen molar-refractivity contribution in [3.63, 3.8) is 0 Å². The fourth-order valence-corrected chi connectivity index (χ4v) is 1.63. The monoisotopic (exact) mass is 274 g/mol. The molecule has 4 nitrogen and oxygen atoms in total. The lowest BCUT2D eigenvalue weighted by Gasteiger charge is -2.01. The minimum Gasteiger partial charge on any atom is -0.478 e. The zero-order valence-corrected chi connectivity index (χ0v) is 10.6. The van der Waals surface area contributed by atoms with Crippen LogP contribution in [0.25, 0.3) is 0 Å². The van der Waals surface area contributed by atoms with Gasteiger partial charge in [0.15, 0.2) is 0 Å². The van der Waals surface area contributed by atoms with E-state index in [0.717, 1.165) is 5.69 Å². The highest BCUT2D eigenvalue weighted by molar-refractivity contribution is 6.30. The molecule has 2 N–H and O–H groups in total. The Labute approximate surface area is 115 Å². The molecule has 0 fully saturated rings. The van der Waals surface area contributed by atoms with Gasteiger partial charge in [-0.25, -0.2) is 4.79 Å². The Morgan fingerprint density at radius 1 is 1.16 bits per heavy atom. The Morgan fingerprint density at radius 3 is 2.53 bits per heavy atom. The molecule has 0 aromatic heterocycles. The SMILES string of the molecule is O=C(O)c1ccccc1C=NNc1ccc(Cl)cc1. The van der Waals surface area contributed by atoms with E-state index in [1.807, 2.05) is 0 Å². The van der Waals surface area contributed by atoms with Crippen LogP contribution in [0.15, 0.2) is 53.6 Å². The van der Waals surface area contributed by atoms with Crippen molar-refractivity contribution in [2.75, 3.05) is 5.43 Å². The lowest BCUT2D eigenvalue weighted by molar-refractivity contribution is 0.0697. The number of rotatable bonds is 4. The molecule has 2 aromatic rings. The molecular formula is C14H11ClN2O2. The Kier molecular flexibility index (Phi) is 4.15. The molecule has 0 saturated heterocycles. The maximum Gasteiger partial charge on any atom is 0.336 e. The van der Waals surface area contributed by atoms with Gasteiger partial charge in [-0.1, -0.05) is 29.8 Å². The molecule has 19 heavy (non-hydrogen) atoms. The Morgan fingerprint density at radius 2 is 1.84 bits per heavy atom. The second kappa shape index (κ2) is 6.02. The summed E-state index contributed by atoms with van der Waals surface area (Å²) in [6, 6.07) is 13.7. The fourth-order valence-electron chi connectivity index (χ4n) is 1.51. The van der Waals surface area contributed by atoms with E-state index in [1.165, 1.54) is 12.3 Å². The normalized spacial score (nSPS) is 10.6. The Balaban J connectivity index is 2.11. The van der Waals surface area contributed by atoms with Crippen LogP contribution in [-0.2, 0) is 0 Å². The quantitative estimate of drug-likeness (QED) is 0.663. The third kappa shape index (κ3) is 3.56. The first-order valence-electron chi connectivity index (χ1n) is 5.54. The average molecular weight is 275 g/mol. The number of benzene rings is 2. The number of carbonyl (C=O) groups is 1. The largest absolute Gasteiger partial charge is 0.478 e. The molecule has 0 bridgehead atoms. The minimum absolute atomic E-state index is 0.212. The molecule has 2 aromatic carbocycles. The first kappa shape index (κ1) is 13.1. The molecule has 0 radical (unpaired) electrons. The third-order valence-corrected chi connectivity index (χ3v) is 2.68. The van der Waals surface area contributed by atoms with E-state index in [-0.39, 0.29) is 5.56 Å². The highest BCUT2D eigenvalue weighted by Crippen LogP contribution is 2.13. The van der Waals surface area contributed by atoms with E-state index in [0.29, 0.717) is 10.6 Å². The van der Waals surface area contributed by atoms with Gasteiger partial charge in [0.1, 0.15) is 0 Å². The predicted molar refractivity (Wildman–Crippen MR) is 76.1 cm³/mol. The number of hydrazone groups is 1. The molecule has 0 atom stereocenters. The number of aromatic carboxylic acids is 1. The predicted octanol–water partition coefficient (Wildman–Crippen LogP) is 3.48. The summed E-state index contributed by atoms with van der Waals surface area (Å²) in [6.07, 6.45) is 1.47. The second-order valence-electron chi connectivity index (χ2n) is 3.77. The van der Waals surface area contributed by atoms with Crippen LogP contribution in [0.3, 0.4) is 0 Å². The molecule has 0 amide bonds. The van der Waals surface area contributed by atoms with Crippen LogP contribution in [0.2, 0.25) is 5.02 Å². The average Bonchev–Trinajstić information content (AvgIpc) is 2.41. The maximum atomic E-state index is 11.0. The minimum atomic E-state index is -0.978. The van der Waals surface area contributed by atoms with E-state index < -0.39 is 5.97 Å². The summed E-state index contributed by atoms with van der Waals surface area (Å²) in [6.45, 7) is 0. The third-order valence-electron chi connectivity index (χ3n) is 2.43. The van der Waals surface area contributed by atoms with Gasteiger partial charge < -0.3 is 5.11 Å². The van der Waals surface area contributed by atoms with Crippen LogP contribution in [0.1, 0.15) is 15.9 Å². The topological polar surface area (TPSA) is 61.7 Å². The molecule has 2 rings (SSSR count). The van der Waals surface area contributed by atoms with Crippen molar-refractivity contribution in [2.24, 2.45) is 5.10 Å². The van der Waals surface area contributed by atoms with Crippen LogP contribution in [0.5, 0.6) is 0 Å². The van der Waals surface area contributed by atoms with E-state index in [2.05, 4.69) is 10.5 Å². The number of carboxylic acid groups (broad SMARTS) is 1. The first-order valence-corrected chi connectivity index (χ1v) is 5.91. The number of nitrogens with one attached hydrogen (secondary N) is 1. The number of hydrogen-bond donors (Lipinski definition) is 2.